The van der Waals surface area contributed by atoms with Crippen LogP contribution in [0.2, 0.25) is 0 Å². The van der Waals surface area contributed by atoms with E-state index < -0.39 is 11.7 Å². The summed E-state index contributed by atoms with van der Waals surface area (Å²) >= 11 is 0. The van der Waals surface area contributed by atoms with E-state index in [1.165, 1.54) is 24.7 Å². The molecule has 1 saturated heterocycles. The quantitative estimate of drug-likeness (QED) is 0.434. The largest absolute Gasteiger partial charge is 0.458 e. The molecule has 4 nitrogen and oxygen atoms in total. The Balaban J connectivity index is 1.21. The number of ether oxygens (including phenoxy) is 2. The third-order valence-corrected chi connectivity index (χ3v) is 6.28. The van der Waals surface area contributed by atoms with Crippen molar-refractivity contribution in [1.29, 1.82) is 0 Å². The van der Waals surface area contributed by atoms with Crippen LogP contribution in [0.1, 0.15) is 40.2 Å². The molecule has 0 aromatic heterocycles. The molecule has 7 heteroatoms. The molecule has 1 atom stereocenters. The Hall–Kier alpha value is -3.32. The van der Waals surface area contributed by atoms with E-state index in [1.807, 2.05) is 30.3 Å². The van der Waals surface area contributed by atoms with Gasteiger partial charge in [-0.2, -0.15) is 13.2 Å². The van der Waals surface area contributed by atoms with Crippen molar-refractivity contribution < 1.29 is 27.4 Å². The number of fused-ring (bicyclic) bond motifs is 2. The zero-order chi connectivity index (χ0) is 23.0. The minimum atomic E-state index is -4.34. The first kappa shape index (κ1) is 21.5. The Bertz CT molecular complexity index is 1240. The van der Waals surface area contributed by atoms with Crippen LogP contribution in [-0.4, -0.2) is 30.3 Å². The molecule has 5 rings (SSSR count). The lowest BCUT2D eigenvalue weighted by molar-refractivity contribution is -0.137. The molecular formula is C26H22F3NO3. The first-order valence-corrected chi connectivity index (χ1v) is 10.9. The van der Waals surface area contributed by atoms with Gasteiger partial charge in [0.1, 0.15) is 12.5 Å². The third kappa shape index (κ3) is 4.59. The van der Waals surface area contributed by atoms with Gasteiger partial charge in [-0.05, 0) is 59.5 Å². The summed E-state index contributed by atoms with van der Waals surface area (Å²) < 4.78 is 50.0. The SMILES string of the molecule is O=C(CCN1CCC(c2cccc(C(F)(F)F)c2)C1)c1ccc2cc3c(cc2c1)OC=CO3. The Morgan fingerprint density at radius 3 is 2.48 bits per heavy atom. The van der Waals surface area contributed by atoms with Crippen LogP contribution in [0.3, 0.4) is 0 Å². The van der Waals surface area contributed by atoms with Crippen molar-refractivity contribution in [3.05, 3.63) is 83.8 Å². The van der Waals surface area contributed by atoms with Crippen LogP contribution in [0.15, 0.2) is 67.1 Å². The van der Waals surface area contributed by atoms with E-state index in [0.717, 1.165) is 29.8 Å². The van der Waals surface area contributed by atoms with Gasteiger partial charge in [0.25, 0.3) is 0 Å². The first-order valence-electron chi connectivity index (χ1n) is 10.9. The molecule has 2 aliphatic heterocycles. The lowest BCUT2D eigenvalue weighted by Crippen LogP contribution is -2.23. The number of benzene rings is 3. The molecule has 0 radical (unpaired) electrons. The summed E-state index contributed by atoms with van der Waals surface area (Å²) in [6.45, 7) is 2.00. The fraction of sp³-hybridized carbons (Fsp3) is 0.269. The zero-order valence-corrected chi connectivity index (χ0v) is 17.8. The van der Waals surface area contributed by atoms with Gasteiger partial charge in [0.15, 0.2) is 17.3 Å². The summed E-state index contributed by atoms with van der Waals surface area (Å²) in [4.78, 5) is 15.0. The van der Waals surface area contributed by atoms with Gasteiger partial charge in [-0.1, -0.05) is 30.3 Å². The van der Waals surface area contributed by atoms with E-state index in [1.54, 1.807) is 6.07 Å². The molecule has 1 fully saturated rings. The topological polar surface area (TPSA) is 38.8 Å². The number of likely N-dealkylation sites (tertiary alicyclic amines) is 1. The van der Waals surface area contributed by atoms with Crippen LogP contribution in [0.25, 0.3) is 10.8 Å². The van der Waals surface area contributed by atoms with E-state index in [2.05, 4.69) is 4.90 Å². The molecule has 33 heavy (non-hydrogen) atoms. The highest BCUT2D eigenvalue weighted by Crippen LogP contribution is 2.36. The highest BCUT2D eigenvalue weighted by Gasteiger charge is 2.32. The smallest absolute Gasteiger partial charge is 0.416 e. The van der Waals surface area contributed by atoms with Crippen LogP contribution in [0.4, 0.5) is 13.2 Å². The number of alkyl halides is 3. The van der Waals surface area contributed by atoms with Gasteiger partial charge in [0.05, 0.1) is 5.56 Å². The fourth-order valence-corrected chi connectivity index (χ4v) is 4.50. The van der Waals surface area contributed by atoms with Gasteiger partial charge in [0.2, 0.25) is 0 Å². The summed E-state index contributed by atoms with van der Waals surface area (Å²) in [6.07, 6.45) is -0.259. The normalized spacial score (nSPS) is 18.1. The molecule has 0 N–H and O–H groups in total. The fourth-order valence-electron chi connectivity index (χ4n) is 4.50. The first-order chi connectivity index (χ1) is 15.9. The lowest BCUT2D eigenvalue weighted by atomic mass is 9.96. The van der Waals surface area contributed by atoms with Gasteiger partial charge >= 0.3 is 6.18 Å². The van der Waals surface area contributed by atoms with E-state index in [9.17, 15) is 18.0 Å². The maximum atomic E-state index is 13.0. The van der Waals surface area contributed by atoms with Crippen molar-refractivity contribution in [2.75, 3.05) is 19.6 Å². The van der Waals surface area contributed by atoms with Crippen LogP contribution in [0.5, 0.6) is 11.5 Å². The summed E-state index contributed by atoms with van der Waals surface area (Å²) in [5, 5.41) is 1.84. The van der Waals surface area contributed by atoms with Crippen molar-refractivity contribution in [1.82, 2.24) is 4.90 Å². The van der Waals surface area contributed by atoms with E-state index in [0.29, 0.717) is 42.1 Å². The second-order valence-electron chi connectivity index (χ2n) is 8.45. The number of ketones is 1. The third-order valence-electron chi connectivity index (χ3n) is 6.28. The molecule has 0 bridgehead atoms. The van der Waals surface area contributed by atoms with Crippen molar-refractivity contribution in [2.24, 2.45) is 0 Å². The molecule has 170 valence electrons. The monoisotopic (exact) mass is 453 g/mol. The number of carbonyl (C=O) groups is 1. The number of nitrogens with zero attached hydrogens (tertiary/aromatic N) is 1. The molecule has 0 saturated carbocycles. The van der Waals surface area contributed by atoms with Crippen molar-refractivity contribution in [3.63, 3.8) is 0 Å². The van der Waals surface area contributed by atoms with Crippen LogP contribution in [-0.2, 0) is 6.18 Å². The van der Waals surface area contributed by atoms with Crippen molar-refractivity contribution >= 4 is 16.6 Å². The standard InChI is InChI=1S/C26H22F3NO3/c27-26(28,29)22-3-1-2-17(13-22)20-6-8-30(16-20)9-7-23(31)19-5-4-18-14-24-25(15-21(18)12-19)33-11-10-32-24/h1-5,10-15,20H,6-9,16H2. The van der Waals surface area contributed by atoms with Gasteiger partial charge in [-0.15, -0.1) is 0 Å². The number of halogens is 3. The van der Waals surface area contributed by atoms with Crippen molar-refractivity contribution in [2.45, 2.75) is 24.9 Å². The molecule has 0 aliphatic carbocycles. The summed E-state index contributed by atoms with van der Waals surface area (Å²) in [5.74, 6) is 1.32. The van der Waals surface area contributed by atoms with E-state index in [4.69, 9.17) is 9.47 Å². The summed E-state index contributed by atoms with van der Waals surface area (Å²) in [5.41, 5.74) is 0.722. The average molecular weight is 453 g/mol. The number of rotatable bonds is 5. The Morgan fingerprint density at radius 1 is 0.970 bits per heavy atom. The molecule has 1 unspecified atom stereocenters. The Morgan fingerprint density at radius 2 is 1.73 bits per heavy atom. The minimum absolute atomic E-state index is 0.0363. The zero-order valence-electron chi connectivity index (χ0n) is 17.8. The van der Waals surface area contributed by atoms with Gasteiger partial charge in [0, 0.05) is 25.1 Å². The highest BCUT2D eigenvalue weighted by atomic mass is 19.4. The number of hydrogen-bond donors (Lipinski definition) is 0. The van der Waals surface area contributed by atoms with Crippen molar-refractivity contribution in [3.8, 4) is 11.5 Å². The summed E-state index contributed by atoms with van der Waals surface area (Å²) in [6, 6.07) is 14.9. The highest BCUT2D eigenvalue weighted by molar-refractivity contribution is 6.00. The van der Waals surface area contributed by atoms with E-state index in [-0.39, 0.29) is 11.7 Å². The Labute approximate surface area is 189 Å². The lowest BCUT2D eigenvalue weighted by Gasteiger charge is -2.17. The molecule has 3 aromatic carbocycles. The second kappa shape index (κ2) is 8.56. The Kier molecular flexibility index (Phi) is 5.58. The van der Waals surface area contributed by atoms with Crippen LogP contribution >= 0.6 is 0 Å². The molecule has 0 spiro atoms. The van der Waals surface area contributed by atoms with E-state index >= 15 is 0 Å². The van der Waals surface area contributed by atoms with Crippen LogP contribution < -0.4 is 9.47 Å². The molecule has 2 heterocycles. The van der Waals surface area contributed by atoms with Crippen LogP contribution in [0, 0.1) is 0 Å². The second-order valence-corrected chi connectivity index (χ2v) is 8.45. The maximum absolute atomic E-state index is 13.0. The molecule has 2 aliphatic rings. The average Bonchev–Trinajstić information content (AvgIpc) is 3.29. The minimum Gasteiger partial charge on any atom is -0.458 e. The molecule has 0 amide bonds. The molecule has 3 aromatic rings. The van der Waals surface area contributed by atoms with Gasteiger partial charge in [-0.3, -0.25) is 4.79 Å². The number of Topliss-reactive ketones (excluding diaryl/α,β-unsaturated/α-hetero) is 1. The predicted molar refractivity (Wildman–Crippen MR) is 119 cm³/mol. The predicted octanol–water partition coefficient (Wildman–Crippen LogP) is 6.16. The van der Waals surface area contributed by atoms with Gasteiger partial charge in [-0.25, -0.2) is 0 Å². The maximum Gasteiger partial charge on any atom is 0.416 e. The van der Waals surface area contributed by atoms with Gasteiger partial charge < -0.3 is 14.4 Å². The molecular weight excluding hydrogens is 431 g/mol. The number of carbonyl (C=O) groups excluding carboxylic acids is 1. The number of hydrogen-bond acceptors (Lipinski definition) is 4. The summed E-state index contributed by atoms with van der Waals surface area (Å²) in [7, 11) is 0.